The zero-order valence-corrected chi connectivity index (χ0v) is 9.69. The molecule has 86 valence electrons. The third-order valence-corrected chi connectivity index (χ3v) is 3.01. The molecule has 1 aromatic carbocycles. The third kappa shape index (κ3) is 2.54. The number of ether oxygens (including phenoxy) is 1. The second kappa shape index (κ2) is 4.56. The number of benzene rings is 1. The van der Waals surface area contributed by atoms with Gasteiger partial charge < -0.3 is 10.1 Å². The van der Waals surface area contributed by atoms with Crippen molar-refractivity contribution in [3.8, 4) is 0 Å². The summed E-state index contributed by atoms with van der Waals surface area (Å²) < 4.78 is 4.69. The van der Waals surface area contributed by atoms with Gasteiger partial charge in [-0.15, -0.1) is 0 Å². The Morgan fingerprint density at radius 3 is 2.88 bits per heavy atom. The molecule has 0 aliphatic heterocycles. The summed E-state index contributed by atoms with van der Waals surface area (Å²) in [7, 11) is 1.40. The number of carbonyl (C=O) groups excluding carboxylic acids is 1. The van der Waals surface area contributed by atoms with E-state index >= 15 is 0 Å². The first-order valence-electron chi connectivity index (χ1n) is 5.65. The Bertz CT molecular complexity index is 385. The quantitative estimate of drug-likeness (QED) is 0.791. The van der Waals surface area contributed by atoms with Crippen molar-refractivity contribution >= 4 is 11.7 Å². The monoisotopic (exact) mass is 219 g/mol. The maximum atomic E-state index is 11.3. The average Bonchev–Trinajstić information content (AvgIpc) is 3.12. The molecule has 0 spiro atoms. The van der Waals surface area contributed by atoms with Crippen LogP contribution in [0.2, 0.25) is 0 Å². The van der Waals surface area contributed by atoms with Gasteiger partial charge in [0.1, 0.15) is 0 Å². The molecule has 0 saturated heterocycles. The molecule has 3 heteroatoms. The summed E-state index contributed by atoms with van der Waals surface area (Å²) in [5.41, 5.74) is 1.58. The lowest BCUT2D eigenvalue weighted by molar-refractivity contribution is 0.0601. The fraction of sp³-hybridized carbons (Fsp3) is 0.462. The van der Waals surface area contributed by atoms with Crippen LogP contribution in [0.25, 0.3) is 0 Å². The zero-order chi connectivity index (χ0) is 11.5. The molecule has 0 heterocycles. The van der Waals surface area contributed by atoms with E-state index < -0.39 is 0 Å². The first-order valence-corrected chi connectivity index (χ1v) is 5.65. The van der Waals surface area contributed by atoms with E-state index in [9.17, 15) is 4.79 Å². The van der Waals surface area contributed by atoms with E-state index in [1.54, 1.807) is 6.07 Å². The first-order chi connectivity index (χ1) is 7.70. The van der Waals surface area contributed by atoms with Gasteiger partial charge >= 0.3 is 5.97 Å². The Balaban J connectivity index is 2.06. The molecule has 1 N–H and O–H groups in total. The molecule has 3 nitrogen and oxygen atoms in total. The number of nitrogens with one attached hydrogen (secondary N) is 1. The second-order valence-corrected chi connectivity index (χ2v) is 4.34. The van der Waals surface area contributed by atoms with E-state index in [1.165, 1.54) is 20.0 Å². The first kappa shape index (κ1) is 11.0. The summed E-state index contributed by atoms with van der Waals surface area (Å²) in [5.74, 6) is 0.504. The molecule has 1 aliphatic rings. The van der Waals surface area contributed by atoms with Crippen molar-refractivity contribution in [1.29, 1.82) is 0 Å². The highest BCUT2D eigenvalue weighted by Gasteiger charge is 2.27. The van der Waals surface area contributed by atoms with E-state index in [4.69, 9.17) is 0 Å². The summed E-state index contributed by atoms with van der Waals surface area (Å²) in [6.45, 7) is 2.18. The van der Waals surface area contributed by atoms with Crippen molar-refractivity contribution in [1.82, 2.24) is 0 Å². The molecule has 1 aliphatic carbocycles. The Hall–Kier alpha value is -1.51. The lowest BCUT2D eigenvalue weighted by Gasteiger charge is -2.14. The van der Waals surface area contributed by atoms with Crippen LogP contribution in [0, 0.1) is 5.92 Å². The van der Waals surface area contributed by atoms with Crippen LogP contribution in [-0.4, -0.2) is 19.1 Å². The Morgan fingerprint density at radius 2 is 2.25 bits per heavy atom. The van der Waals surface area contributed by atoms with Crippen molar-refractivity contribution in [3.63, 3.8) is 0 Å². The van der Waals surface area contributed by atoms with Crippen molar-refractivity contribution in [2.75, 3.05) is 12.4 Å². The maximum absolute atomic E-state index is 11.3. The van der Waals surface area contributed by atoms with E-state index in [-0.39, 0.29) is 5.97 Å². The van der Waals surface area contributed by atoms with Crippen LogP contribution in [0.15, 0.2) is 24.3 Å². The molecule has 0 aromatic heterocycles. The van der Waals surface area contributed by atoms with Gasteiger partial charge in [0.25, 0.3) is 0 Å². The molecule has 2 rings (SSSR count). The lowest BCUT2D eigenvalue weighted by atomic mass is 10.1. The van der Waals surface area contributed by atoms with Gasteiger partial charge in [0.15, 0.2) is 0 Å². The van der Waals surface area contributed by atoms with Crippen molar-refractivity contribution in [3.05, 3.63) is 29.8 Å². The van der Waals surface area contributed by atoms with Gasteiger partial charge in [-0.25, -0.2) is 4.79 Å². The van der Waals surface area contributed by atoms with E-state index in [0.29, 0.717) is 11.6 Å². The Morgan fingerprint density at radius 1 is 1.50 bits per heavy atom. The van der Waals surface area contributed by atoms with Gasteiger partial charge in [-0.1, -0.05) is 6.07 Å². The fourth-order valence-corrected chi connectivity index (χ4v) is 1.83. The molecule has 1 fully saturated rings. The predicted octanol–water partition coefficient (Wildman–Crippen LogP) is 2.68. The molecular weight excluding hydrogens is 202 g/mol. The second-order valence-electron chi connectivity index (χ2n) is 4.34. The number of anilines is 1. The summed E-state index contributed by atoms with van der Waals surface area (Å²) in [6.07, 6.45) is 2.62. The number of hydrogen-bond acceptors (Lipinski definition) is 3. The Labute approximate surface area is 95.8 Å². The minimum atomic E-state index is -0.289. The molecule has 0 radical (unpaired) electrons. The standard InChI is InChI=1S/C13H17NO2/c1-9(10-6-7-10)14-12-5-3-4-11(8-12)13(15)16-2/h3-5,8-10,14H,6-7H2,1-2H3. The molecule has 1 unspecified atom stereocenters. The highest BCUT2D eigenvalue weighted by atomic mass is 16.5. The van der Waals surface area contributed by atoms with Crippen molar-refractivity contribution in [2.45, 2.75) is 25.8 Å². The van der Waals surface area contributed by atoms with Crippen LogP contribution in [0.1, 0.15) is 30.1 Å². The largest absolute Gasteiger partial charge is 0.465 e. The van der Waals surface area contributed by atoms with E-state index in [0.717, 1.165) is 11.6 Å². The number of hydrogen-bond donors (Lipinski definition) is 1. The summed E-state index contributed by atoms with van der Waals surface area (Å²) in [5, 5.41) is 3.42. The van der Waals surface area contributed by atoms with Crippen molar-refractivity contribution < 1.29 is 9.53 Å². The lowest BCUT2D eigenvalue weighted by Crippen LogP contribution is -2.17. The maximum Gasteiger partial charge on any atom is 0.337 e. The molecule has 1 saturated carbocycles. The molecule has 0 amide bonds. The molecular formula is C13H17NO2. The number of methoxy groups -OCH3 is 1. The van der Waals surface area contributed by atoms with Crippen LogP contribution < -0.4 is 5.32 Å². The highest BCUT2D eigenvalue weighted by Crippen LogP contribution is 2.33. The van der Waals surface area contributed by atoms with Crippen molar-refractivity contribution in [2.24, 2.45) is 5.92 Å². The highest BCUT2D eigenvalue weighted by molar-refractivity contribution is 5.90. The fourth-order valence-electron chi connectivity index (χ4n) is 1.83. The summed E-state index contributed by atoms with van der Waals surface area (Å²) in [4.78, 5) is 11.3. The van der Waals surface area contributed by atoms with Crippen LogP contribution in [0.4, 0.5) is 5.69 Å². The summed E-state index contributed by atoms with van der Waals surface area (Å²) >= 11 is 0. The van der Waals surface area contributed by atoms with Crippen LogP contribution in [0.3, 0.4) is 0 Å². The molecule has 1 aromatic rings. The van der Waals surface area contributed by atoms with Crippen LogP contribution >= 0.6 is 0 Å². The molecule has 16 heavy (non-hydrogen) atoms. The number of esters is 1. The van der Waals surface area contributed by atoms with Gasteiger partial charge in [0, 0.05) is 11.7 Å². The number of rotatable bonds is 4. The van der Waals surface area contributed by atoms with Crippen LogP contribution in [0.5, 0.6) is 0 Å². The topological polar surface area (TPSA) is 38.3 Å². The molecule has 1 atom stereocenters. The van der Waals surface area contributed by atoms with Crippen LogP contribution in [-0.2, 0) is 4.74 Å². The normalized spacial score (nSPS) is 16.6. The van der Waals surface area contributed by atoms with Gasteiger partial charge in [-0.2, -0.15) is 0 Å². The van der Waals surface area contributed by atoms with Gasteiger partial charge in [0.2, 0.25) is 0 Å². The average molecular weight is 219 g/mol. The number of carbonyl (C=O) groups is 1. The minimum absolute atomic E-state index is 0.289. The van der Waals surface area contributed by atoms with Gasteiger partial charge in [-0.3, -0.25) is 0 Å². The van der Waals surface area contributed by atoms with E-state index in [1.807, 2.05) is 18.2 Å². The van der Waals surface area contributed by atoms with Gasteiger partial charge in [0.05, 0.1) is 12.7 Å². The third-order valence-electron chi connectivity index (χ3n) is 3.01. The zero-order valence-electron chi connectivity index (χ0n) is 9.69. The molecule has 0 bridgehead atoms. The predicted molar refractivity (Wildman–Crippen MR) is 63.6 cm³/mol. The summed E-state index contributed by atoms with van der Waals surface area (Å²) in [6, 6.07) is 7.93. The van der Waals surface area contributed by atoms with E-state index in [2.05, 4.69) is 17.0 Å². The van der Waals surface area contributed by atoms with Gasteiger partial charge in [-0.05, 0) is 43.9 Å². The Kier molecular flexibility index (Phi) is 3.13. The minimum Gasteiger partial charge on any atom is -0.465 e. The SMILES string of the molecule is COC(=O)c1cccc(NC(C)C2CC2)c1. The smallest absolute Gasteiger partial charge is 0.337 e.